The van der Waals surface area contributed by atoms with Gasteiger partial charge in [-0.15, -0.1) is 0 Å². The molecule has 0 saturated carbocycles. The first-order valence-corrected chi connectivity index (χ1v) is 6.75. The second-order valence-electron chi connectivity index (χ2n) is 5.45. The fourth-order valence-corrected chi connectivity index (χ4v) is 2.61. The third-order valence-electron chi connectivity index (χ3n) is 3.29. The second-order valence-corrected chi connectivity index (χ2v) is 5.45. The molecule has 1 aromatic rings. The Labute approximate surface area is 111 Å². The molecule has 0 aliphatic heterocycles. The van der Waals surface area contributed by atoms with Gasteiger partial charge in [0, 0.05) is 12.1 Å². The molecule has 0 aliphatic carbocycles. The largest absolute Gasteiger partial charge is 0.298 e. The summed E-state index contributed by atoms with van der Waals surface area (Å²) in [5.74, 6) is 0.251. The third-order valence-corrected chi connectivity index (χ3v) is 3.29. The number of rotatable bonds is 6. The van der Waals surface area contributed by atoms with Crippen LogP contribution in [0.4, 0.5) is 0 Å². The number of carbonyl (C=O) groups excluding carboxylic acids is 1. The number of hydrogen-bond donors (Lipinski definition) is 0. The minimum atomic E-state index is -0.0209. The van der Waals surface area contributed by atoms with Crippen LogP contribution in [0.25, 0.3) is 0 Å². The van der Waals surface area contributed by atoms with Crippen molar-refractivity contribution in [2.24, 2.45) is 0 Å². The number of benzene rings is 1. The van der Waals surface area contributed by atoms with Gasteiger partial charge in [0.2, 0.25) is 0 Å². The van der Waals surface area contributed by atoms with Crippen LogP contribution in [0.5, 0.6) is 0 Å². The number of carbonyl (C=O) groups is 1. The van der Waals surface area contributed by atoms with Crippen LogP contribution in [0.2, 0.25) is 0 Å². The lowest BCUT2D eigenvalue weighted by molar-refractivity contribution is -0.123. The van der Waals surface area contributed by atoms with Gasteiger partial charge in [0.05, 0.1) is 6.04 Å². The van der Waals surface area contributed by atoms with E-state index in [9.17, 15) is 4.79 Å². The topological polar surface area (TPSA) is 20.3 Å². The predicted molar refractivity (Wildman–Crippen MR) is 76.7 cm³/mol. The predicted octanol–water partition coefficient (Wildman–Crippen LogP) is 3.31. The molecule has 2 heteroatoms. The summed E-state index contributed by atoms with van der Waals surface area (Å²) >= 11 is 0. The monoisotopic (exact) mass is 247 g/mol. The van der Waals surface area contributed by atoms with E-state index in [1.807, 2.05) is 18.2 Å². The first-order chi connectivity index (χ1) is 8.43. The molecule has 0 fully saturated rings. The highest BCUT2D eigenvalue weighted by molar-refractivity contribution is 5.81. The van der Waals surface area contributed by atoms with Crippen molar-refractivity contribution in [3.05, 3.63) is 35.9 Å². The van der Waals surface area contributed by atoms with E-state index in [-0.39, 0.29) is 11.8 Å². The van der Waals surface area contributed by atoms with Crippen LogP contribution in [0.3, 0.4) is 0 Å². The minimum Gasteiger partial charge on any atom is -0.298 e. The summed E-state index contributed by atoms with van der Waals surface area (Å²) in [6.45, 7) is 10.3. The average Bonchev–Trinajstić information content (AvgIpc) is 2.28. The molecule has 1 rings (SSSR count). The van der Waals surface area contributed by atoms with Crippen molar-refractivity contribution in [3.8, 4) is 0 Å². The van der Waals surface area contributed by atoms with Gasteiger partial charge in [0.25, 0.3) is 0 Å². The van der Waals surface area contributed by atoms with Crippen LogP contribution < -0.4 is 0 Å². The van der Waals surface area contributed by atoms with Crippen molar-refractivity contribution < 1.29 is 4.79 Å². The molecule has 0 radical (unpaired) electrons. The standard InChI is InChI=1S/C16H25NO/c1-12(2)17(13(3)4)16(14(5)18)11-15-9-7-6-8-10-15/h6-10,12-13,16H,11H2,1-5H3. The molecular formula is C16H25NO. The average molecular weight is 247 g/mol. The molecule has 2 nitrogen and oxygen atoms in total. The molecule has 0 aromatic heterocycles. The van der Waals surface area contributed by atoms with Crippen LogP contribution in [0.15, 0.2) is 30.3 Å². The van der Waals surface area contributed by atoms with Gasteiger partial charge in [0.1, 0.15) is 5.78 Å². The summed E-state index contributed by atoms with van der Waals surface area (Å²) in [6, 6.07) is 11.0. The first kappa shape index (κ1) is 14.9. The molecule has 18 heavy (non-hydrogen) atoms. The zero-order valence-electron chi connectivity index (χ0n) is 12.2. The van der Waals surface area contributed by atoms with E-state index in [4.69, 9.17) is 0 Å². The zero-order chi connectivity index (χ0) is 13.7. The van der Waals surface area contributed by atoms with Gasteiger partial charge in [-0.3, -0.25) is 9.69 Å². The minimum absolute atomic E-state index is 0.0209. The summed E-state index contributed by atoms with van der Waals surface area (Å²) in [4.78, 5) is 14.3. The van der Waals surface area contributed by atoms with Gasteiger partial charge in [0.15, 0.2) is 0 Å². The maximum atomic E-state index is 12.0. The third kappa shape index (κ3) is 3.95. The Morgan fingerprint density at radius 1 is 1.06 bits per heavy atom. The first-order valence-electron chi connectivity index (χ1n) is 6.75. The highest BCUT2D eigenvalue weighted by Gasteiger charge is 2.27. The molecule has 0 amide bonds. The quantitative estimate of drug-likeness (QED) is 0.768. The van der Waals surface area contributed by atoms with Crippen molar-refractivity contribution in [2.75, 3.05) is 0 Å². The summed E-state index contributed by atoms with van der Waals surface area (Å²) in [5, 5.41) is 0. The Morgan fingerprint density at radius 3 is 1.94 bits per heavy atom. The lowest BCUT2D eigenvalue weighted by atomic mass is 9.99. The number of hydrogen-bond acceptors (Lipinski definition) is 2. The van der Waals surface area contributed by atoms with Crippen molar-refractivity contribution in [2.45, 2.75) is 59.2 Å². The van der Waals surface area contributed by atoms with Crippen LogP contribution >= 0.6 is 0 Å². The molecule has 0 spiro atoms. The Bertz CT molecular complexity index is 362. The van der Waals surface area contributed by atoms with E-state index in [1.165, 1.54) is 5.56 Å². The highest BCUT2D eigenvalue weighted by atomic mass is 16.1. The SMILES string of the molecule is CC(=O)C(Cc1ccccc1)N(C(C)C)C(C)C. The molecule has 100 valence electrons. The zero-order valence-corrected chi connectivity index (χ0v) is 12.2. The molecule has 0 aliphatic rings. The molecule has 1 aromatic carbocycles. The van der Waals surface area contributed by atoms with E-state index < -0.39 is 0 Å². The second kappa shape index (κ2) is 6.69. The summed E-state index contributed by atoms with van der Waals surface area (Å²) in [7, 11) is 0. The maximum Gasteiger partial charge on any atom is 0.147 e. The van der Waals surface area contributed by atoms with Crippen molar-refractivity contribution >= 4 is 5.78 Å². The van der Waals surface area contributed by atoms with E-state index >= 15 is 0 Å². The van der Waals surface area contributed by atoms with Crippen LogP contribution in [-0.2, 0) is 11.2 Å². The fourth-order valence-electron chi connectivity index (χ4n) is 2.61. The van der Waals surface area contributed by atoms with E-state index in [0.29, 0.717) is 12.1 Å². The number of nitrogens with zero attached hydrogens (tertiary/aromatic N) is 1. The van der Waals surface area contributed by atoms with Gasteiger partial charge < -0.3 is 0 Å². The Morgan fingerprint density at radius 2 is 1.56 bits per heavy atom. The lowest BCUT2D eigenvalue weighted by Gasteiger charge is -2.37. The van der Waals surface area contributed by atoms with Gasteiger partial charge in [-0.25, -0.2) is 0 Å². The van der Waals surface area contributed by atoms with Crippen LogP contribution in [0, 0.1) is 0 Å². The van der Waals surface area contributed by atoms with Gasteiger partial charge in [-0.1, -0.05) is 30.3 Å². The van der Waals surface area contributed by atoms with Crippen molar-refractivity contribution in [1.29, 1.82) is 0 Å². The molecule has 0 heterocycles. The maximum absolute atomic E-state index is 12.0. The van der Waals surface area contributed by atoms with Crippen LogP contribution in [-0.4, -0.2) is 28.8 Å². The van der Waals surface area contributed by atoms with E-state index in [0.717, 1.165) is 6.42 Å². The lowest BCUT2D eigenvalue weighted by Crippen LogP contribution is -2.49. The molecule has 0 saturated heterocycles. The Balaban J connectivity index is 2.92. The Kier molecular flexibility index (Phi) is 5.54. The van der Waals surface area contributed by atoms with E-state index in [1.54, 1.807) is 6.92 Å². The summed E-state index contributed by atoms with van der Waals surface area (Å²) in [6.07, 6.45) is 0.798. The van der Waals surface area contributed by atoms with E-state index in [2.05, 4.69) is 44.7 Å². The summed E-state index contributed by atoms with van der Waals surface area (Å²) < 4.78 is 0. The van der Waals surface area contributed by atoms with Crippen LogP contribution in [0.1, 0.15) is 40.2 Å². The van der Waals surface area contributed by atoms with Crippen molar-refractivity contribution in [3.63, 3.8) is 0 Å². The smallest absolute Gasteiger partial charge is 0.147 e. The Hall–Kier alpha value is -1.15. The molecule has 1 unspecified atom stereocenters. The number of Topliss-reactive ketones (excluding diaryl/α,β-unsaturated/α-hetero) is 1. The highest BCUT2D eigenvalue weighted by Crippen LogP contribution is 2.16. The van der Waals surface area contributed by atoms with Crippen molar-refractivity contribution in [1.82, 2.24) is 4.90 Å². The van der Waals surface area contributed by atoms with Gasteiger partial charge in [-0.05, 0) is 46.6 Å². The molecule has 0 N–H and O–H groups in total. The molecule has 0 bridgehead atoms. The fraction of sp³-hybridized carbons (Fsp3) is 0.562. The van der Waals surface area contributed by atoms with Gasteiger partial charge in [-0.2, -0.15) is 0 Å². The molecular weight excluding hydrogens is 222 g/mol. The normalized spacial score (nSPS) is 13.3. The molecule has 1 atom stereocenters. The van der Waals surface area contributed by atoms with Gasteiger partial charge >= 0.3 is 0 Å². The summed E-state index contributed by atoms with van der Waals surface area (Å²) in [5.41, 5.74) is 1.23. The number of ketones is 1.